The van der Waals surface area contributed by atoms with Gasteiger partial charge < -0.3 is 5.73 Å². The van der Waals surface area contributed by atoms with Crippen LogP contribution in [0.5, 0.6) is 0 Å². The molecule has 0 aromatic heterocycles. The number of hydrogen-bond acceptors (Lipinski definition) is 3. The Hall–Kier alpha value is -1.69. The van der Waals surface area contributed by atoms with Gasteiger partial charge in [-0.2, -0.15) is 4.39 Å². The second kappa shape index (κ2) is 4.89. The zero-order valence-electron chi connectivity index (χ0n) is 8.41. The third-order valence-electron chi connectivity index (χ3n) is 1.86. The van der Waals surface area contributed by atoms with E-state index in [-0.39, 0.29) is 17.4 Å². The Labute approximate surface area is 95.9 Å². The zero-order chi connectivity index (χ0) is 12.3. The Bertz CT molecular complexity index is 462. The van der Waals surface area contributed by atoms with Crippen molar-refractivity contribution in [2.75, 3.05) is 5.88 Å². The lowest BCUT2D eigenvalue weighted by molar-refractivity contribution is -0.387. The summed E-state index contributed by atoms with van der Waals surface area (Å²) in [4.78, 5) is 13.5. The standard InChI is InChI=1S/C9H9ClFN3O2/c1-5-2-8(14(15)16)6(11)3-7(5)13-9(12)4-10/h2-3H,4H2,1H3,(H2,12,13). The molecule has 0 aliphatic rings. The van der Waals surface area contributed by atoms with E-state index in [1.165, 1.54) is 0 Å². The molecule has 0 unspecified atom stereocenters. The third-order valence-corrected chi connectivity index (χ3v) is 2.14. The molecule has 0 aliphatic heterocycles. The summed E-state index contributed by atoms with van der Waals surface area (Å²) >= 11 is 5.42. The monoisotopic (exact) mass is 245 g/mol. The fourth-order valence-electron chi connectivity index (χ4n) is 1.10. The highest BCUT2D eigenvalue weighted by Gasteiger charge is 2.16. The number of rotatable bonds is 3. The maximum Gasteiger partial charge on any atom is 0.305 e. The highest BCUT2D eigenvalue weighted by molar-refractivity contribution is 6.28. The number of halogens is 2. The Morgan fingerprint density at radius 3 is 2.81 bits per heavy atom. The highest BCUT2D eigenvalue weighted by atomic mass is 35.5. The number of benzene rings is 1. The van der Waals surface area contributed by atoms with Gasteiger partial charge in [-0.15, -0.1) is 11.6 Å². The first kappa shape index (κ1) is 12.4. The SMILES string of the molecule is Cc1cc([N+](=O)[O-])c(F)cc1N=C(N)CCl. The molecule has 1 aromatic rings. The quantitative estimate of drug-likeness (QED) is 0.292. The maximum absolute atomic E-state index is 13.3. The molecule has 0 bridgehead atoms. The lowest BCUT2D eigenvalue weighted by Gasteiger charge is -2.02. The van der Waals surface area contributed by atoms with Crippen molar-refractivity contribution < 1.29 is 9.31 Å². The molecule has 86 valence electrons. The number of amidine groups is 1. The molecule has 0 spiro atoms. The molecule has 0 saturated heterocycles. The molecular weight excluding hydrogens is 237 g/mol. The number of alkyl halides is 1. The van der Waals surface area contributed by atoms with E-state index in [4.69, 9.17) is 17.3 Å². The number of nitrogens with zero attached hydrogens (tertiary/aromatic N) is 2. The molecular formula is C9H9ClFN3O2. The van der Waals surface area contributed by atoms with Gasteiger partial charge in [0.05, 0.1) is 16.5 Å². The van der Waals surface area contributed by atoms with Gasteiger partial charge in [0.2, 0.25) is 5.82 Å². The van der Waals surface area contributed by atoms with Crippen molar-refractivity contribution in [3.63, 3.8) is 0 Å². The number of nitrogens with two attached hydrogens (primary N) is 1. The molecule has 0 heterocycles. The summed E-state index contributed by atoms with van der Waals surface area (Å²) in [6, 6.07) is 2.07. The van der Waals surface area contributed by atoms with Crippen LogP contribution >= 0.6 is 11.6 Å². The smallest absolute Gasteiger partial charge is 0.305 e. The van der Waals surface area contributed by atoms with Crippen LogP contribution in [-0.4, -0.2) is 16.6 Å². The topological polar surface area (TPSA) is 81.5 Å². The molecule has 0 amide bonds. The van der Waals surface area contributed by atoms with Crippen LogP contribution in [0.25, 0.3) is 0 Å². The van der Waals surface area contributed by atoms with E-state index in [2.05, 4.69) is 4.99 Å². The van der Waals surface area contributed by atoms with Crippen LogP contribution in [0.4, 0.5) is 15.8 Å². The summed E-state index contributed by atoms with van der Waals surface area (Å²) in [7, 11) is 0. The van der Waals surface area contributed by atoms with Crippen molar-refractivity contribution in [3.8, 4) is 0 Å². The fraction of sp³-hybridized carbons (Fsp3) is 0.222. The van der Waals surface area contributed by atoms with Crippen molar-refractivity contribution in [1.82, 2.24) is 0 Å². The molecule has 0 saturated carbocycles. The number of nitro groups is 1. The highest BCUT2D eigenvalue weighted by Crippen LogP contribution is 2.27. The second-order valence-corrected chi connectivity index (χ2v) is 3.35. The van der Waals surface area contributed by atoms with Crippen molar-refractivity contribution in [2.24, 2.45) is 10.7 Å². The summed E-state index contributed by atoms with van der Waals surface area (Å²) in [5.74, 6) is -0.812. The third kappa shape index (κ3) is 2.66. The molecule has 0 atom stereocenters. The summed E-state index contributed by atoms with van der Waals surface area (Å²) in [6.45, 7) is 1.58. The first-order valence-corrected chi connectivity index (χ1v) is 4.82. The van der Waals surface area contributed by atoms with E-state index in [1.807, 2.05) is 0 Å². The first-order valence-electron chi connectivity index (χ1n) is 4.29. The predicted octanol–water partition coefficient (Wildman–Crippen LogP) is 2.27. The molecule has 2 N–H and O–H groups in total. The van der Waals surface area contributed by atoms with Crippen LogP contribution in [-0.2, 0) is 0 Å². The Morgan fingerprint density at radius 2 is 2.31 bits per heavy atom. The van der Waals surface area contributed by atoms with Gasteiger partial charge in [0, 0.05) is 12.1 Å². The summed E-state index contributed by atoms with van der Waals surface area (Å²) in [5, 5.41) is 10.4. The largest absolute Gasteiger partial charge is 0.386 e. The van der Waals surface area contributed by atoms with Gasteiger partial charge in [0.15, 0.2) is 0 Å². The summed E-state index contributed by atoms with van der Waals surface area (Å²) in [6.07, 6.45) is 0. The number of hydrogen-bond donors (Lipinski definition) is 1. The minimum Gasteiger partial charge on any atom is -0.386 e. The van der Waals surface area contributed by atoms with Gasteiger partial charge in [-0.1, -0.05) is 0 Å². The number of aryl methyl sites for hydroxylation is 1. The van der Waals surface area contributed by atoms with Crippen molar-refractivity contribution >= 4 is 28.8 Å². The van der Waals surface area contributed by atoms with Crippen molar-refractivity contribution in [2.45, 2.75) is 6.92 Å². The minimum absolute atomic E-state index is 0.0120. The Morgan fingerprint density at radius 1 is 1.69 bits per heavy atom. The lowest BCUT2D eigenvalue weighted by Crippen LogP contribution is -2.12. The van der Waals surface area contributed by atoms with Crippen LogP contribution in [0.2, 0.25) is 0 Å². The normalized spacial score (nSPS) is 11.6. The van der Waals surface area contributed by atoms with Gasteiger partial charge in [0.1, 0.15) is 5.84 Å². The molecule has 0 fully saturated rings. The van der Waals surface area contributed by atoms with E-state index in [0.717, 1.165) is 12.1 Å². The fourth-order valence-corrected chi connectivity index (χ4v) is 1.16. The van der Waals surface area contributed by atoms with Crippen LogP contribution in [0.3, 0.4) is 0 Å². The van der Waals surface area contributed by atoms with E-state index in [9.17, 15) is 14.5 Å². The van der Waals surface area contributed by atoms with E-state index < -0.39 is 16.4 Å². The second-order valence-electron chi connectivity index (χ2n) is 3.08. The van der Waals surface area contributed by atoms with Gasteiger partial charge in [-0.3, -0.25) is 10.1 Å². The maximum atomic E-state index is 13.3. The van der Waals surface area contributed by atoms with Crippen LogP contribution in [0, 0.1) is 22.9 Å². The van der Waals surface area contributed by atoms with E-state index >= 15 is 0 Å². The summed E-state index contributed by atoms with van der Waals surface area (Å²) in [5.41, 5.74) is 5.50. The number of aliphatic imine (C=N–C) groups is 1. The minimum atomic E-state index is -0.947. The average Bonchev–Trinajstić information content (AvgIpc) is 2.22. The molecule has 16 heavy (non-hydrogen) atoms. The molecule has 1 rings (SSSR count). The van der Waals surface area contributed by atoms with Crippen LogP contribution < -0.4 is 5.73 Å². The average molecular weight is 246 g/mol. The number of nitro benzene ring substituents is 1. The van der Waals surface area contributed by atoms with E-state index in [0.29, 0.717) is 5.56 Å². The molecule has 0 aliphatic carbocycles. The molecule has 7 heteroatoms. The van der Waals surface area contributed by atoms with Gasteiger partial charge >= 0.3 is 5.69 Å². The van der Waals surface area contributed by atoms with Crippen molar-refractivity contribution in [3.05, 3.63) is 33.6 Å². The first-order chi connectivity index (χ1) is 7.45. The van der Waals surface area contributed by atoms with Crippen LogP contribution in [0.1, 0.15) is 5.56 Å². The van der Waals surface area contributed by atoms with Gasteiger partial charge in [0.25, 0.3) is 0 Å². The predicted molar refractivity (Wildman–Crippen MR) is 59.8 cm³/mol. The Kier molecular flexibility index (Phi) is 3.78. The molecule has 0 radical (unpaired) electrons. The molecule has 5 nitrogen and oxygen atoms in total. The summed E-state index contributed by atoms with van der Waals surface area (Å²) < 4.78 is 13.3. The van der Waals surface area contributed by atoms with Crippen molar-refractivity contribution in [1.29, 1.82) is 0 Å². The van der Waals surface area contributed by atoms with E-state index in [1.54, 1.807) is 6.92 Å². The van der Waals surface area contributed by atoms with Crippen LogP contribution in [0.15, 0.2) is 17.1 Å². The van der Waals surface area contributed by atoms with Gasteiger partial charge in [-0.25, -0.2) is 4.99 Å². The Balaban J connectivity index is 3.26. The molecule has 1 aromatic carbocycles. The zero-order valence-corrected chi connectivity index (χ0v) is 9.16. The van der Waals surface area contributed by atoms with Gasteiger partial charge in [-0.05, 0) is 12.5 Å². The lowest BCUT2D eigenvalue weighted by atomic mass is 10.2.